The van der Waals surface area contributed by atoms with Gasteiger partial charge in [-0.1, -0.05) is 36.4 Å². The molecule has 0 aliphatic carbocycles. The van der Waals surface area contributed by atoms with E-state index in [-0.39, 0.29) is 12.7 Å². The molecule has 2 rings (SSSR count). The number of ether oxygens (including phenoxy) is 1. The van der Waals surface area contributed by atoms with Gasteiger partial charge < -0.3 is 10.5 Å². The van der Waals surface area contributed by atoms with Gasteiger partial charge in [-0.05, 0) is 12.3 Å². The summed E-state index contributed by atoms with van der Waals surface area (Å²) in [4.78, 5) is 0. The van der Waals surface area contributed by atoms with Gasteiger partial charge in [-0.3, -0.25) is 4.39 Å². The molecule has 0 heterocycles. The fraction of sp³-hybridized carbons (Fsp3) is 0.333. The molecule has 0 amide bonds. The minimum absolute atomic E-state index is 0.102. The predicted molar refractivity (Wildman–Crippen MR) is 72.6 cm³/mol. The number of benzene rings is 2. The van der Waals surface area contributed by atoms with Crippen LogP contribution in [0.25, 0.3) is 10.8 Å². The number of hydrogen-bond donors (Lipinski definition) is 1. The molecule has 0 unspecified atom stereocenters. The number of alkyl halides is 1. The summed E-state index contributed by atoms with van der Waals surface area (Å²) in [6, 6.07) is 11.9. The van der Waals surface area contributed by atoms with E-state index in [0.717, 1.165) is 22.1 Å². The third kappa shape index (κ3) is 2.62. The first kappa shape index (κ1) is 12.8. The maximum Gasteiger partial charge on any atom is 0.131 e. The van der Waals surface area contributed by atoms with E-state index in [4.69, 9.17) is 10.5 Å². The quantitative estimate of drug-likeness (QED) is 0.819. The Hall–Kier alpha value is -1.61. The highest BCUT2D eigenvalue weighted by atomic mass is 19.1. The maximum absolute atomic E-state index is 12.2. The van der Waals surface area contributed by atoms with Crippen molar-refractivity contribution in [1.82, 2.24) is 0 Å². The summed E-state index contributed by atoms with van der Waals surface area (Å²) < 4.78 is 17.9. The van der Waals surface area contributed by atoms with Crippen molar-refractivity contribution in [2.45, 2.75) is 19.4 Å². The van der Waals surface area contributed by atoms with Crippen molar-refractivity contribution in [1.29, 1.82) is 0 Å². The van der Waals surface area contributed by atoms with Gasteiger partial charge in [0.15, 0.2) is 0 Å². The smallest absolute Gasteiger partial charge is 0.131 e. The van der Waals surface area contributed by atoms with Gasteiger partial charge in [-0.15, -0.1) is 0 Å². The lowest BCUT2D eigenvalue weighted by Crippen LogP contribution is -2.09. The molecule has 3 heteroatoms. The fourth-order valence-electron chi connectivity index (χ4n) is 2.01. The Morgan fingerprint density at radius 1 is 1.22 bits per heavy atom. The van der Waals surface area contributed by atoms with Crippen molar-refractivity contribution >= 4 is 10.8 Å². The second-order valence-corrected chi connectivity index (χ2v) is 4.38. The lowest BCUT2D eigenvalue weighted by atomic mass is 10.0. The largest absolute Gasteiger partial charge is 0.492 e. The summed E-state index contributed by atoms with van der Waals surface area (Å²) in [6.07, 6.45) is 0.404. The summed E-state index contributed by atoms with van der Waals surface area (Å²) in [5, 5.41) is 2.14. The lowest BCUT2D eigenvalue weighted by molar-refractivity contribution is 0.289. The van der Waals surface area contributed by atoms with Crippen LogP contribution in [0.1, 0.15) is 24.9 Å². The molecule has 0 aliphatic rings. The summed E-state index contributed by atoms with van der Waals surface area (Å²) in [5.74, 6) is 0.788. The Balaban J connectivity index is 2.45. The molecule has 2 aromatic carbocycles. The highest BCUT2D eigenvalue weighted by Crippen LogP contribution is 2.32. The average Bonchev–Trinajstić information content (AvgIpc) is 2.38. The van der Waals surface area contributed by atoms with Crippen molar-refractivity contribution < 1.29 is 9.13 Å². The third-order valence-corrected chi connectivity index (χ3v) is 2.92. The minimum Gasteiger partial charge on any atom is -0.492 e. The average molecular weight is 247 g/mol. The molecular weight excluding hydrogens is 229 g/mol. The van der Waals surface area contributed by atoms with Gasteiger partial charge in [0.2, 0.25) is 0 Å². The normalized spacial score (nSPS) is 12.6. The van der Waals surface area contributed by atoms with E-state index in [1.54, 1.807) is 0 Å². The molecule has 0 radical (unpaired) electrons. The molecule has 0 saturated heterocycles. The maximum atomic E-state index is 12.2. The van der Waals surface area contributed by atoms with E-state index >= 15 is 0 Å². The molecule has 0 spiro atoms. The van der Waals surface area contributed by atoms with Crippen LogP contribution in [0.3, 0.4) is 0 Å². The van der Waals surface area contributed by atoms with Crippen LogP contribution >= 0.6 is 0 Å². The molecule has 2 aromatic rings. The van der Waals surface area contributed by atoms with Gasteiger partial charge in [-0.2, -0.15) is 0 Å². The van der Waals surface area contributed by atoms with E-state index < -0.39 is 0 Å². The standard InChI is InChI=1S/C15H18FNO/c1-11(17)13-8-7-12-5-2-3-6-14(12)15(13)18-10-4-9-16/h2-3,5-8,11H,4,9-10,17H2,1H3/t11-/m1/s1. The molecule has 2 nitrogen and oxygen atoms in total. The second kappa shape index (κ2) is 5.83. The van der Waals surface area contributed by atoms with Crippen LogP contribution < -0.4 is 10.5 Å². The van der Waals surface area contributed by atoms with Gasteiger partial charge in [-0.25, -0.2) is 0 Å². The van der Waals surface area contributed by atoms with Crippen molar-refractivity contribution in [3.8, 4) is 5.75 Å². The van der Waals surface area contributed by atoms with E-state index in [0.29, 0.717) is 13.0 Å². The van der Waals surface area contributed by atoms with Crippen molar-refractivity contribution in [3.05, 3.63) is 42.0 Å². The molecule has 0 fully saturated rings. The zero-order valence-electron chi connectivity index (χ0n) is 10.5. The van der Waals surface area contributed by atoms with Crippen molar-refractivity contribution in [2.24, 2.45) is 5.73 Å². The highest BCUT2D eigenvalue weighted by Gasteiger charge is 2.11. The SMILES string of the molecule is C[C@@H](N)c1ccc2ccccc2c1OCCCF. The van der Waals surface area contributed by atoms with Crippen LogP contribution in [0.4, 0.5) is 4.39 Å². The van der Waals surface area contributed by atoms with Crippen LogP contribution in [-0.2, 0) is 0 Å². The lowest BCUT2D eigenvalue weighted by Gasteiger charge is -2.16. The second-order valence-electron chi connectivity index (χ2n) is 4.38. The van der Waals surface area contributed by atoms with E-state index in [9.17, 15) is 4.39 Å². The first-order chi connectivity index (χ1) is 8.74. The molecule has 0 bridgehead atoms. The number of rotatable bonds is 5. The molecule has 2 N–H and O–H groups in total. The van der Waals surface area contributed by atoms with Crippen LogP contribution in [0.2, 0.25) is 0 Å². The zero-order chi connectivity index (χ0) is 13.0. The van der Waals surface area contributed by atoms with Crippen molar-refractivity contribution in [3.63, 3.8) is 0 Å². The van der Waals surface area contributed by atoms with Gasteiger partial charge in [0.25, 0.3) is 0 Å². The van der Waals surface area contributed by atoms with E-state index in [1.807, 2.05) is 43.3 Å². The first-order valence-corrected chi connectivity index (χ1v) is 6.20. The van der Waals surface area contributed by atoms with Crippen LogP contribution in [0.5, 0.6) is 5.75 Å². The van der Waals surface area contributed by atoms with Gasteiger partial charge in [0.05, 0.1) is 13.3 Å². The zero-order valence-corrected chi connectivity index (χ0v) is 10.5. The Labute approximate surface area is 107 Å². The molecule has 1 atom stereocenters. The third-order valence-electron chi connectivity index (χ3n) is 2.92. The Kier molecular flexibility index (Phi) is 4.15. The monoisotopic (exact) mass is 247 g/mol. The summed E-state index contributed by atoms with van der Waals surface area (Å²) >= 11 is 0. The molecule has 0 aliphatic heterocycles. The van der Waals surface area contributed by atoms with E-state index in [1.165, 1.54) is 0 Å². The van der Waals surface area contributed by atoms with Gasteiger partial charge in [0, 0.05) is 23.4 Å². The molecular formula is C15H18FNO. The summed E-state index contributed by atoms with van der Waals surface area (Å²) in [6.45, 7) is 1.94. The molecule has 96 valence electrons. The Morgan fingerprint density at radius 3 is 2.72 bits per heavy atom. The van der Waals surface area contributed by atoms with Crippen LogP contribution in [-0.4, -0.2) is 13.3 Å². The number of fused-ring (bicyclic) bond motifs is 1. The van der Waals surface area contributed by atoms with Gasteiger partial charge in [0.1, 0.15) is 5.75 Å². The molecule has 0 aromatic heterocycles. The van der Waals surface area contributed by atoms with Crippen molar-refractivity contribution in [2.75, 3.05) is 13.3 Å². The van der Waals surface area contributed by atoms with Crippen LogP contribution in [0, 0.1) is 0 Å². The molecule has 0 saturated carbocycles. The van der Waals surface area contributed by atoms with E-state index in [2.05, 4.69) is 0 Å². The predicted octanol–water partition coefficient (Wildman–Crippen LogP) is 3.60. The van der Waals surface area contributed by atoms with Gasteiger partial charge >= 0.3 is 0 Å². The Bertz CT molecular complexity index is 525. The number of nitrogens with two attached hydrogens (primary N) is 1. The molecule has 18 heavy (non-hydrogen) atoms. The fourth-order valence-corrected chi connectivity index (χ4v) is 2.01. The minimum atomic E-state index is -0.363. The van der Waals surface area contributed by atoms with Crippen LogP contribution in [0.15, 0.2) is 36.4 Å². The summed E-state index contributed by atoms with van der Waals surface area (Å²) in [7, 11) is 0. The number of halogens is 1. The number of hydrogen-bond acceptors (Lipinski definition) is 2. The summed E-state index contributed by atoms with van der Waals surface area (Å²) in [5.41, 5.74) is 6.92. The highest BCUT2D eigenvalue weighted by molar-refractivity contribution is 5.89. The topological polar surface area (TPSA) is 35.2 Å². The Morgan fingerprint density at radius 2 is 2.00 bits per heavy atom. The first-order valence-electron chi connectivity index (χ1n) is 6.20.